The molecular weight excluding hydrogens is 292 g/mol. The highest BCUT2D eigenvalue weighted by Gasteiger charge is 2.05. The molecule has 3 rings (SSSR count). The lowest BCUT2D eigenvalue weighted by Gasteiger charge is -2.07. The van der Waals surface area contributed by atoms with Gasteiger partial charge in [0.05, 0.1) is 5.69 Å². The summed E-state index contributed by atoms with van der Waals surface area (Å²) in [5.41, 5.74) is 3.11. The molecule has 0 radical (unpaired) electrons. The third-order valence-corrected chi connectivity index (χ3v) is 3.02. The van der Waals surface area contributed by atoms with Crippen molar-refractivity contribution in [1.82, 2.24) is 15.0 Å². The van der Waals surface area contributed by atoms with Crippen LogP contribution in [0.2, 0.25) is 0 Å². The summed E-state index contributed by atoms with van der Waals surface area (Å²) in [6.45, 7) is 0. The second kappa shape index (κ2) is 6.66. The number of anilines is 1. The summed E-state index contributed by atoms with van der Waals surface area (Å²) in [7, 11) is 0. The van der Waals surface area contributed by atoms with Crippen LogP contribution in [0, 0.1) is 11.8 Å². The van der Waals surface area contributed by atoms with Crippen LogP contribution in [0.3, 0.4) is 0 Å². The molecule has 1 aromatic carbocycles. The monoisotopic (exact) mass is 304 g/mol. The van der Waals surface area contributed by atoms with Crippen LogP contribution >= 0.6 is 0 Å². The first-order valence-electron chi connectivity index (χ1n) is 6.76. The highest BCUT2D eigenvalue weighted by atomic mass is 16.8. The van der Waals surface area contributed by atoms with E-state index in [9.17, 15) is 0 Å². The lowest BCUT2D eigenvalue weighted by Crippen LogP contribution is -2.14. The largest absolute Gasteiger partial charge is 0.277 e. The van der Waals surface area contributed by atoms with Crippen molar-refractivity contribution in [1.29, 1.82) is 0 Å². The van der Waals surface area contributed by atoms with E-state index in [2.05, 4.69) is 26.8 Å². The standard InChI is InChI=1S/C17H12N4O2/c22-21(23)17-19-11-9-16(20-17)15-7-5-13(6-8-15)3-4-14-2-1-10-18-12-14/h1-2,5-12,22-23H. The molecule has 0 unspecified atom stereocenters. The Bertz CT molecular complexity index is 853. The maximum atomic E-state index is 8.96. The summed E-state index contributed by atoms with van der Waals surface area (Å²) < 4.78 is 0. The van der Waals surface area contributed by atoms with E-state index in [1.165, 1.54) is 6.20 Å². The Balaban J connectivity index is 1.83. The number of rotatable bonds is 2. The third-order valence-electron chi connectivity index (χ3n) is 3.02. The zero-order chi connectivity index (χ0) is 16.1. The molecule has 0 amide bonds. The normalized spacial score (nSPS) is 9.83. The Morgan fingerprint density at radius 2 is 1.65 bits per heavy atom. The second-order valence-corrected chi connectivity index (χ2v) is 4.60. The van der Waals surface area contributed by atoms with E-state index in [1.807, 2.05) is 36.4 Å². The number of benzene rings is 1. The second-order valence-electron chi connectivity index (χ2n) is 4.60. The van der Waals surface area contributed by atoms with Gasteiger partial charge in [0.15, 0.2) is 0 Å². The highest BCUT2D eigenvalue weighted by Crippen LogP contribution is 2.18. The Morgan fingerprint density at radius 1 is 0.870 bits per heavy atom. The first-order chi connectivity index (χ1) is 11.2. The van der Waals surface area contributed by atoms with E-state index in [4.69, 9.17) is 10.4 Å². The van der Waals surface area contributed by atoms with Gasteiger partial charge in [0.2, 0.25) is 0 Å². The average molecular weight is 304 g/mol. The van der Waals surface area contributed by atoms with Gasteiger partial charge in [-0.3, -0.25) is 15.4 Å². The molecule has 6 heteroatoms. The zero-order valence-corrected chi connectivity index (χ0v) is 12.0. The minimum absolute atomic E-state index is 0.114. The van der Waals surface area contributed by atoms with Gasteiger partial charge >= 0.3 is 0 Å². The minimum Gasteiger partial charge on any atom is -0.263 e. The summed E-state index contributed by atoms with van der Waals surface area (Å²) in [5, 5.41) is 17.8. The molecule has 0 spiro atoms. The van der Waals surface area contributed by atoms with Crippen molar-refractivity contribution in [2.24, 2.45) is 0 Å². The number of nitrogens with zero attached hydrogens (tertiary/aromatic N) is 4. The smallest absolute Gasteiger partial charge is 0.263 e. The van der Waals surface area contributed by atoms with E-state index in [0.717, 1.165) is 16.7 Å². The molecule has 0 saturated carbocycles. The van der Waals surface area contributed by atoms with Crippen LogP contribution in [0.4, 0.5) is 5.95 Å². The molecule has 0 bridgehead atoms. The van der Waals surface area contributed by atoms with E-state index in [0.29, 0.717) is 5.69 Å². The SMILES string of the molecule is ON(O)c1nccc(-c2ccc(C#Cc3cccnc3)cc2)n1. The Kier molecular flexibility index (Phi) is 4.25. The van der Waals surface area contributed by atoms with Gasteiger partial charge < -0.3 is 0 Å². The summed E-state index contributed by atoms with van der Waals surface area (Å²) in [6, 6.07) is 12.9. The molecule has 0 aliphatic heterocycles. The van der Waals surface area contributed by atoms with Crippen molar-refractivity contribution in [2.75, 3.05) is 5.23 Å². The van der Waals surface area contributed by atoms with E-state index in [1.54, 1.807) is 18.5 Å². The first-order valence-corrected chi connectivity index (χ1v) is 6.76. The third kappa shape index (κ3) is 3.68. The van der Waals surface area contributed by atoms with Gasteiger partial charge in [0.25, 0.3) is 5.95 Å². The predicted molar refractivity (Wildman–Crippen MR) is 83.7 cm³/mol. The van der Waals surface area contributed by atoms with Crippen LogP contribution < -0.4 is 5.23 Å². The van der Waals surface area contributed by atoms with Gasteiger partial charge in [0.1, 0.15) is 0 Å². The molecule has 3 aromatic rings. The molecule has 0 fully saturated rings. The fourth-order valence-corrected chi connectivity index (χ4v) is 1.91. The highest BCUT2D eigenvalue weighted by molar-refractivity contribution is 5.61. The van der Waals surface area contributed by atoms with Gasteiger partial charge in [-0.25, -0.2) is 9.97 Å². The van der Waals surface area contributed by atoms with Gasteiger partial charge in [-0.2, -0.15) is 0 Å². The van der Waals surface area contributed by atoms with Crippen molar-refractivity contribution in [3.05, 3.63) is 72.2 Å². The molecule has 2 N–H and O–H groups in total. The van der Waals surface area contributed by atoms with Gasteiger partial charge in [-0.15, -0.1) is 0 Å². The molecule has 6 nitrogen and oxygen atoms in total. The van der Waals surface area contributed by atoms with Gasteiger partial charge in [-0.05, 0) is 30.3 Å². The Labute approximate surface area is 132 Å². The van der Waals surface area contributed by atoms with Crippen LogP contribution in [-0.2, 0) is 0 Å². The van der Waals surface area contributed by atoms with E-state index in [-0.39, 0.29) is 11.2 Å². The Morgan fingerprint density at radius 3 is 2.35 bits per heavy atom. The minimum atomic E-state index is -0.192. The van der Waals surface area contributed by atoms with Crippen LogP contribution in [0.5, 0.6) is 0 Å². The average Bonchev–Trinajstić information content (AvgIpc) is 2.61. The van der Waals surface area contributed by atoms with Gasteiger partial charge in [-0.1, -0.05) is 29.2 Å². The maximum absolute atomic E-state index is 8.96. The van der Waals surface area contributed by atoms with Crippen molar-refractivity contribution < 1.29 is 10.4 Å². The fraction of sp³-hybridized carbons (Fsp3) is 0. The molecule has 23 heavy (non-hydrogen) atoms. The fourth-order valence-electron chi connectivity index (χ4n) is 1.91. The predicted octanol–water partition coefficient (Wildman–Crippen LogP) is 2.52. The lowest BCUT2D eigenvalue weighted by atomic mass is 10.1. The zero-order valence-electron chi connectivity index (χ0n) is 12.0. The van der Waals surface area contributed by atoms with Crippen molar-refractivity contribution in [3.8, 4) is 23.1 Å². The van der Waals surface area contributed by atoms with E-state index >= 15 is 0 Å². The van der Waals surface area contributed by atoms with Crippen molar-refractivity contribution in [2.45, 2.75) is 0 Å². The van der Waals surface area contributed by atoms with Crippen molar-refractivity contribution in [3.63, 3.8) is 0 Å². The van der Waals surface area contributed by atoms with Crippen molar-refractivity contribution >= 4 is 5.95 Å². The summed E-state index contributed by atoms with van der Waals surface area (Å²) in [4.78, 5) is 11.8. The summed E-state index contributed by atoms with van der Waals surface area (Å²) in [5.74, 6) is 5.90. The Hall–Kier alpha value is -3.27. The molecule has 0 aliphatic rings. The van der Waals surface area contributed by atoms with Gasteiger partial charge in [0, 0.05) is 35.3 Å². The maximum Gasteiger partial charge on any atom is 0.277 e. The number of hydrogen-bond donors (Lipinski definition) is 2. The molecule has 0 saturated heterocycles. The number of pyridine rings is 1. The first kappa shape index (κ1) is 14.7. The quantitative estimate of drug-likeness (QED) is 0.559. The molecule has 2 heterocycles. The van der Waals surface area contributed by atoms with Crippen LogP contribution in [0.15, 0.2) is 61.1 Å². The molecular formula is C17H12N4O2. The van der Waals surface area contributed by atoms with Crippen LogP contribution in [0.25, 0.3) is 11.3 Å². The molecule has 0 atom stereocenters. The lowest BCUT2D eigenvalue weighted by molar-refractivity contribution is 0.0242. The van der Waals surface area contributed by atoms with E-state index < -0.39 is 0 Å². The summed E-state index contributed by atoms with van der Waals surface area (Å²) in [6.07, 6.45) is 4.86. The number of hydrogen-bond acceptors (Lipinski definition) is 6. The van der Waals surface area contributed by atoms with Crippen LogP contribution in [0.1, 0.15) is 11.1 Å². The molecule has 112 valence electrons. The molecule has 2 aromatic heterocycles. The summed E-state index contributed by atoms with van der Waals surface area (Å²) >= 11 is 0. The molecule has 0 aliphatic carbocycles. The van der Waals surface area contributed by atoms with Crippen LogP contribution in [-0.4, -0.2) is 25.4 Å². The number of aromatic nitrogens is 3. The topological polar surface area (TPSA) is 82.4 Å².